The first kappa shape index (κ1) is 17.0. The van der Waals surface area contributed by atoms with Crippen molar-refractivity contribution in [2.45, 2.75) is 32.7 Å². The van der Waals surface area contributed by atoms with Crippen molar-refractivity contribution in [3.05, 3.63) is 39.9 Å². The quantitative estimate of drug-likeness (QED) is 0.442. The fraction of sp³-hybridized carbons (Fsp3) is 0.353. The lowest BCUT2D eigenvalue weighted by atomic mass is 10.2. The van der Waals surface area contributed by atoms with Crippen LogP contribution < -0.4 is 0 Å². The maximum atomic E-state index is 11.8. The summed E-state index contributed by atoms with van der Waals surface area (Å²) in [7, 11) is 0. The number of ether oxygens (including phenoxy) is 1. The van der Waals surface area contributed by atoms with Crippen LogP contribution in [0.5, 0.6) is 0 Å². The van der Waals surface area contributed by atoms with Crippen LogP contribution in [0, 0.1) is 0 Å². The summed E-state index contributed by atoms with van der Waals surface area (Å²) in [6.07, 6.45) is 5.71. The number of hydrogen-bond acceptors (Lipinski definition) is 4. The molecule has 2 aromatic rings. The van der Waals surface area contributed by atoms with Gasteiger partial charge in [0, 0.05) is 17.2 Å². The highest BCUT2D eigenvalue weighted by Gasteiger charge is 2.29. The van der Waals surface area contributed by atoms with Gasteiger partial charge in [0.05, 0.1) is 18.5 Å². The highest BCUT2D eigenvalue weighted by atomic mass is 35.5. The van der Waals surface area contributed by atoms with Gasteiger partial charge >= 0.3 is 5.97 Å². The first-order valence-electron chi connectivity index (χ1n) is 7.75. The molecule has 0 saturated heterocycles. The van der Waals surface area contributed by atoms with Crippen molar-refractivity contribution in [3.8, 4) is 11.4 Å². The van der Waals surface area contributed by atoms with Gasteiger partial charge in [-0.1, -0.05) is 23.2 Å². The van der Waals surface area contributed by atoms with Crippen molar-refractivity contribution < 1.29 is 9.53 Å². The van der Waals surface area contributed by atoms with Gasteiger partial charge in [0.15, 0.2) is 0 Å². The molecular formula is C17H17Cl2N3O2. The molecule has 0 N–H and O–H groups in total. The number of nitrogens with zero attached hydrogens (tertiary/aromatic N) is 3. The fourth-order valence-corrected chi connectivity index (χ4v) is 2.99. The molecule has 1 aliphatic carbocycles. The molecule has 0 atom stereocenters. The smallest absolute Gasteiger partial charge is 0.333 e. The van der Waals surface area contributed by atoms with E-state index in [2.05, 4.69) is 14.5 Å². The van der Waals surface area contributed by atoms with Gasteiger partial charge in [0.1, 0.15) is 16.1 Å². The van der Waals surface area contributed by atoms with Crippen molar-refractivity contribution in [2.24, 2.45) is 0 Å². The zero-order chi connectivity index (χ0) is 17.3. The Morgan fingerprint density at radius 2 is 2.04 bits per heavy atom. The Morgan fingerprint density at radius 1 is 1.38 bits per heavy atom. The summed E-state index contributed by atoms with van der Waals surface area (Å²) in [6, 6.07) is 3.84. The molecule has 5 nitrogen and oxygen atoms in total. The molecule has 0 bridgehead atoms. The van der Waals surface area contributed by atoms with Gasteiger partial charge in [0.25, 0.3) is 0 Å². The first-order chi connectivity index (χ1) is 11.5. The van der Waals surface area contributed by atoms with Gasteiger partial charge in [-0.2, -0.15) is 0 Å². The molecule has 2 aromatic heterocycles. The summed E-state index contributed by atoms with van der Waals surface area (Å²) < 4.78 is 7.15. The zero-order valence-corrected chi connectivity index (χ0v) is 14.9. The summed E-state index contributed by atoms with van der Waals surface area (Å²) in [5.41, 5.74) is 2.21. The first-order valence-corrected chi connectivity index (χ1v) is 8.51. The molecule has 0 aliphatic heterocycles. The highest BCUT2D eigenvalue weighted by molar-refractivity contribution is 6.32. The molecule has 126 valence electrons. The number of imidazole rings is 1. The van der Waals surface area contributed by atoms with Gasteiger partial charge in [-0.3, -0.25) is 0 Å². The van der Waals surface area contributed by atoms with Crippen LogP contribution in [0.15, 0.2) is 23.9 Å². The Morgan fingerprint density at radius 3 is 2.62 bits per heavy atom. The Hall–Kier alpha value is -1.85. The van der Waals surface area contributed by atoms with E-state index >= 15 is 0 Å². The van der Waals surface area contributed by atoms with E-state index in [9.17, 15) is 4.79 Å². The number of carbonyl (C=O) groups is 1. The summed E-state index contributed by atoms with van der Waals surface area (Å²) in [5, 5.41) is 0.644. The Kier molecular flexibility index (Phi) is 4.92. The Bertz CT molecular complexity index is 790. The topological polar surface area (TPSA) is 57.0 Å². The molecule has 3 rings (SSSR count). The number of rotatable bonds is 5. The minimum atomic E-state index is -0.322. The van der Waals surface area contributed by atoms with Crippen molar-refractivity contribution in [1.29, 1.82) is 0 Å². The summed E-state index contributed by atoms with van der Waals surface area (Å²) in [6.45, 7) is 3.88. The Balaban J connectivity index is 2.03. The number of esters is 1. The van der Waals surface area contributed by atoms with Crippen molar-refractivity contribution in [1.82, 2.24) is 14.5 Å². The van der Waals surface area contributed by atoms with E-state index in [0.717, 1.165) is 29.9 Å². The molecule has 1 fully saturated rings. The largest absolute Gasteiger partial charge is 0.463 e. The number of pyridine rings is 1. The molecule has 24 heavy (non-hydrogen) atoms. The van der Waals surface area contributed by atoms with Crippen LogP contribution in [0.25, 0.3) is 17.5 Å². The van der Waals surface area contributed by atoms with Gasteiger partial charge in [-0.15, -0.1) is 0 Å². The van der Waals surface area contributed by atoms with Crippen LogP contribution in [0.2, 0.25) is 10.3 Å². The van der Waals surface area contributed by atoms with Crippen LogP contribution in [0.4, 0.5) is 0 Å². The number of carbonyl (C=O) groups excluding carboxylic acids is 1. The molecule has 0 aromatic carbocycles. The standard InChI is InChI=1S/C17H17Cl2N3O2/c1-3-24-17(23)10(2)6-13-9-20-16(22(13)12-4-5-12)11-7-14(18)21-15(19)8-11/h6-9,12H,3-5H2,1-2H3. The molecule has 0 amide bonds. The molecule has 2 heterocycles. The SMILES string of the molecule is CCOC(=O)C(C)=Cc1cnc(-c2cc(Cl)nc(Cl)c2)n1C1CC1. The summed E-state index contributed by atoms with van der Waals surface area (Å²) in [4.78, 5) is 20.3. The summed E-state index contributed by atoms with van der Waals surface area (Å²) >= 11 is 12.0. The van der Waals surface area contributed by atoms with E-state index in [0.29, 0.717) is 28.5 Å². The zero-order valence-electron chi connectivity index (χ0n) is 13.4. The molecule has 0 radical (unpaired) electrons. The van der Waals surface area contributed by atoms with E-state index in [-0.39, 0.29) is 5.97 Å². The van der Waals surface area contributed by atoms with Gasteiger partial charge < -0.3 is 9.30 Å². The minimum absolute atomic E-state index is 0.322. The van der Waals surface area contributed by atoms with Crippen molar-refractivity contribution in [3.63, 3.8) is 0 Å². The predicted molar refractivity (Wildman–Crippen MR) is 94.0 cm³/mol. The van der Waals surface area contributed by atoms with Crippen LogP contribution in [0.3, 0.4) is 0 Å². The second kappa shape index (κ2) is 6.95. The minimum Gasteiger partial charge on any atom is -0.463 e. The van der Waals surface area contributed by atoms with E-state index in [1.165, 1.54) is 0 Å². The summed E-state index contributed by atoms with van der Waals surface area (Å²) in [5.74, 6) is 0.448. The lowest BCUT2D eigenvalue weighted by Gasteiger charge is -2.10. The van der Waals surface area contributed by atoms with Crippen LogP contribution >= 0.6 is 23.2 Å². The second-order valence-corrected chi connectivity index (χ2v) is 6.43. The molecule has 0 spiro atoms. The normalized spacial score (nSPS) is 14.8. The lowest BCUT2D eigenvalue weighted by Crippen LogP contribution is -2.06. The van der Waals surface area contributed by atoms with Crippen molar-refractivity contribution in [2.75, 3.05) is 6.61 Å². The third-order valence-electron chi connectivity index (χ3n) is 3.72. The fourth-order valence-electron chi connectivity index (χ4n) is 2.53. The highest BCUT2D eigenvalue weighted by Crippen LogP contribution is 2.40. The third-order valence-corrected chi connectivity index (χ3v) is 4.11. The van der Waals surface area contributed by atoms with E-state index in [1.807, 2.05) is 0 Å². The van der Waals surface area contributed by atoms with Gasteiger partial charge in [0.2, 0.25) is 0 Å². The molecule has 1 aliphatic rings. The molecule has 7 heteroatoms. The second-order valence-electron chi connectivity index (χ2n) is 5.66. The van der Waals surface area contributed by atoms with Gasteiger partial charge in [-0.05, 0) is 44.9 Å². The number of aromatic nitrogens is 3. The number of hydrogen-bond donors (Lipinski definition) is 0. The van der Waals surface area contributed by atoms with Crippen LogP contribution in [-0.4, -0.2) is 27.1 Å². The monoisotopic (exact) mass is 365 g/mol. The maximum Gasteiger partial charge on any atom is 0.333 e. The molecule has 1 saturated carbocycles. The average Bonchev–Trinajstić information content (AvgIpc) is 3.27. The van der Waals surface area contributed by atoms with Crippen molar-refractivity contribution >= 4 is 35.2 Å². The third kappa shape index (κ3) is 3.62. The van der Waals surface area contributed by atoms with Crippen LogP contribution in [-0.2, 0) is 9.53 Å². The lowest BCUT2D eigenvalue weighted by molar-refractivity contribution is -0.138. The van der Waals surface area contributed by atoms with E-state index in [4.69, 9.17) is 27.9 Å². The Labute approximate surface area is 150 Å². The van der Waals surface area contributed by atoms with Gasteiger partial charge in [-0.25, -0.2) is 14.8 Å². The predicted octanol–water partition coefficient (Wildman–Crippen LogP) is 4.55. The molecule has 0 unspecified atom stereocenters. The van der Waals surface area contributed by atoms with E-state index < -0.39 is 0 Å². The average molecular weight is 366 g/mol. The molecular weight excluding hydrogens is 349 g/mol. The van der Waals surface area contributed by atoms with Crippen LogP contribution in [0.1, 0.15) is 38.4 Å². The maximum absolute atomic E-state index is 11.8. The number of halogens is 2. The van der Waals surface area contributed by atoms with E-state index in [1.54, 1.807) is 38.3 Å².